The fraction of sp³-hybridized carbons (Fsp3) is 0.542. The maximum atomic E-state index is 13.0. The van der Waals surface area contributed by atoms with Gasteiger partial charge < -0.3 is 19.4 Å². The standard InChI is InChI=1S/C24H31N5O2/c30-22(17-19-7-3-1-4-8-19)29-12-9-21-20(18-29)23(27-13-15-31-16-14-27)26-24(25-21)28-10-5-2-6-11-28/h1,3-4,7-8H,2,5-6,9-18H2. The molecule has 0 N–H and O–H groups in total. The molecular weight excluding hydrogens is 390 g/mol. The van der Waals surface area contributed by atoms with Crippen molar-refractivity contribution in [2.24, 2.45) is 0 Å². The van der Waals surface area contributed by atoms with E-state index in [0.29, 0.717) is 26.2 Å². The quantitative estimate of drug-likeness (QED) is 0.756. The zero-order valence-electron chi connectivity index (χ0n) is 18.1. The van der Waals surface area contributed by atoms with Gasteiger partial charge in [-0.05, 0) is 24.8 Å². The summed E-state index contributed by atoms with van der Waals surface area (Å²) in [5, 5.41) is 0. The van der Waals surface area contributed by atoms with Gasteiger partial charge >= 0.3 is 0 Å². The molecule has 5 rings (SSSR count). The Kier molecular flexibility index (Phi) is 6.02. The molecule has 2 aromatic rings. The van der Waals surface area contributed by atoms with Gasteiger partial charge in [0.1, 0.15) is 5.82 Å². The Morgan fingerprint density at radius 2 is 1.68 bits per heavy atom. The van der Waals surface area contributed by atoms with Crippen LogP contribution in [0.1, 0.15) is 36.1 Å². The third-order valence-electron chi connectivity index (χ3n) is 6.53. The number of amides is 1. The van der Waals surface area contributed by atoms with E-state index in [1.165, 1.54) is 19.3 Å². The number of morpholine rings is 1. The molecule has 1 amide bonds. The molecule has 4 heterocycles. The van der Waals surface area contributed by atoms with E-state index < -0.39 is 0 Å². The summed E-state index contributed by atoms with van der Waals surface area (Å²) >= 11 is 0. The first kappa shape index (κ1) is 20.2. The summed E-state index contributed by atoms with van der Waals surface area (Å²) in [5.74, 6) is 2.04. The van der Waals surface area contributed by atoms with Gasteiger partial charge in [0, 0.05) is 44.7 Å². The zero-order valence-corrected chi connectivity index (χ0v) is 18.1. The zero-order chi connectivity index (χ0) is 21.0. The second-order valence-electron chi connectivity index (χ2n) is 8.65. The summed E-state index contributed by atoms with van der Waals surface area (Å²) in [6.07, 6.45) is 4.92. The maximum absolute atomic E-state index is 13.0. The molecule has 7 heteroatoms. The average Bonchev–Trinajstić information content (AvgIpc) is 2.84. The van der Waals surface area contributed by atoms with E-state index in [9.17, 15) is 4.79 Å². The number of ether oxygens (including phenoxy) is 1. The van der Waals surface area contributed by atoms with Crippen LogP contribution in [0.15, 0.2) is 30.3 Å². The number of carbonyl (C=O) groups is 1. The van der Waals surface area contributed by atoms with Gasteiger partial charge in [-0.1, -0.05) is 30.3 Å². The number of anilines is 2. The normalized spacial score (nSPS) is 19.3. The van der Waals surface area contributed by atoms with Crippen LogP contribution in [0.5, 0.6) is 0 Å². The molecule has 0 aliphatic carbocycles. The van der Waals surface area contributed by atoms with Crippen molar-refractivity contribution in [3.05, 3.63) is 47.2 Å². The maximum Gasteiger partial charge on any atom is 0.227 e. The molecule has 164 valence electrons. The molecule has 1 aromatic carbocycles. The van der Waals surface area contributed by atoms with Crippen molar-refractivity contribution >= 4 is 17.7 Å². The number of nitrogens with zero attached hydrogens (tertiary/aromatic N) is 5. The highest BCUT2D eigenvalue weighted by Crippen LogP contribution is 2.30. The van der Waals surface area contributed by atoms with E-state index >= 15 is 0 Å². The molecule has 0 spiro atoms. The number of benzene rings is 1. The van der Waals surface area contributed by atoms with Crippen molar-refractivity contribution in [3.8, 4) is 0 Å². The van der Waals surface area contributed by atoms with Gasteiger partial charge in [0.25, 0.3) is 0 Å². The lowest BCUT2D eigenvalue weighted by Crippen LogP contribution is -2.42. The summed E-state index contributed by atoms with van der Waals surface area (Å²) in [6.45, 7) is 6.47. The largest absolute Gasteiger partial charge is 0.378 e. The monoisotopic (exact) mass is 421 g/mol. The number of hydrogen-bond donors (Lipinski definition) is 0. The summed E-state index contributed by atoms with van der Waals surface area (Å²) in [6, 6.07) is 9.99. The molecule has 0 radical (unpaired) electrons. The van der Waals surface area contributed by atoms with Crippen LogP contribution in [-0.2, 0) is 28.9 Å². The van der Waals surface area contributed by atoms with Gasteiger partial charge in [-0.25, -0.2) is 4.98 Å². The van der Waals surface area contributed by atoms with Gasteiger partial charge in [0.15, 0.2) is 0 Å². The van der Waals surface area contributed by atoms with Crippen LogP contribution in [0.3, 0.4) is 0 Å². The van der Waals surface area contributed by atoms with Crippen molar-refractivity contribution in [2.45, 2.75) is 38.6 Å². The highest BCUT2D eigenvalue weighted by atomic mass is 16.5. The Morgan fingerprint density at radius 1 is 0.903 bits per heavy atom. The van der Waals surface area contributed by atoms with Gasteiger partial charge in [0.05, 0.1) is 31.9 Å². The molecule has 7 nitrogen and oxygen atoms in total. The van der Waals surface area contributed by atoms with Crippen LogP contribution in [-0.4, -0.2) is 66.7 Å². The fourth-order valence-corrected chi connectivity index (χ4v) is 4.75. The third kappa shape index (κ3) is 4.51. The molecule has 2 fully saturated rings. The first-order chi connectivity index (χ1) is 15.3. The van der Waals surface area contributed by atoms with Crippen LogP contribution in [0, 0.1) is 0 Å². The van der Waals surface area contributed by atoms with E-state index in [2.05, 4.69) is 9.80 Å². The molecule has 0 atom stereocenters. The van der Waals surface area contributed by atoms with Crippen LogP contribution >= 0.6 is 0 Å². The van der Waals surface area contributed by atoms with Gasteiger partial charge in [-0.2, -0.15) is 4.98 Å². The predicted octanol–water partition coefficient (Wildman–Crippen LogP) is 2.43. The molecule has 31 heavy (non-hydrogen) atoms. The van der Waals surface area contributed by atoms with Gasteiger partial charge in [-0.15, -0.1) is 0 Å². The third-order valence-corrected chi connectivity index (χ3v) is 6.53. The molecule has 1 aromatic heterocycles. The summed E-state index contributed by atoms with van der Waals surface area (Å²) in [4.78, 5) is 29.7. The van der Waals surface area contributed by atoms with E-state index in [1.54, 1.807) is 0 Å². The molecular formula is C24H31N5O2. The summed E-state index contributed by atoms with van der Waals surface area (Å²) in [5.41, 5.74) is 3.29. The first-order valence-corrected chi connectivity index (χ1v) is 11.6. The van der Waals surface area contributed by atoms with E-state index in [0.717, 1.165) is 67.7 Å². The van der Waals surface area contributed by atoms with E-state index in [1.807, 2.05) is 35.2 Å². The number of fused-ring (bicyclic) bond motifs is 1. The highest BCUT2D eigenvalue weighted by Gasteiger charge is 2.29. The Morgan fingerprint density at radius 3 is 2.45 bits per heavy atom. The van der Waals surface area contributed by atoms with Gasteiger partial charge in [-0.3, -0.25) is 4.79 Å². The second-order valence-corrected chi connectivity index (χ2v) is 8.65. The molecule has 3 aliphatic heterocycles. The van der Waals surface area contributed by atoms with Crippen molar-refractivity contribution in [3.63, 3.8) is 0 Å². The minimum absolute atomic E-state index is 0.171. The lowest BCUT2D eigenvalue weighted by atomic mass is 10.0. The highest BCUT2D eigenvalue weighted by molar-refractivity contribution is 5.79. The Balaban J connectivity index is 1.42. The lowest BCUT2D eigenvalue weighted by molar-refractivity contribution is -0.131. The molecule has 0 saturated carbocycles. The Bertz CT molecular complexity index is 908. The number of aromatic nitrogens is 2. The average molecular weight is 422 g/mol. The van der Waals surface area contributed by atoms with Crippen molar-refractivity contribution in [1.29, 1.82) is 0 Å². The van der Waals surface area contributed by atoms with E-state index in [4.69, 9.17) is 14.7 Å². The first-order valence-electron chi connectivity index (χ1n) is 11.6. The van der Waals surface area contributed by atoms with Crippen LogP contribution in [0.25, 0.3) is 0 Å². The summed E-state index contributed by atoms with van der Waals surface area (Å²) < 4.78 is 5.58. The number of hydrogen-bond acceptors (Lipinski definition) is 6. The van der Waals surface area contributed by atoms with Gasteiger partial charge in [0.2, 0.25) is 11.9 Å². The SMILES string of the molecule is O=C(Cc1ccccc1)N1CCc2nc(N3CCCCC3)nc(N3CCOCC3)c2C1. The smallest absolute Gasteiger partial charge is 0.227 e. The Labute approximate surface area is 184 Å². The van der Waals surface area contributed by atoms with Crippen molar-refractivity contribution < 1.29 is 9.53 Å². The topological polar surface area (TPSA) is 61.8 Å². The Hall–Kier alpha value is -2.67. The fourth-order valence-electron chi connectivity index (χ4n) is 4.75. The van der Waals surface area contributed by atoms with Crippen molar-refractivity contribution in [1.82, 2.24) is 14.9 Å². The molecule has 3 aliphatic rings. The molecule has 0 bridgehead atoms. The lowest BCUT2D eigenvalue weighted by Gasteiger charge is -2.36. The summed E-state index contributed by atoms with van der Waals surface area (Å²) in [7, 11) is 0. The number of carbonyl (C=O) groups excluding carboxylic acids is 1. The number of rotatable bonds is 4. The minimum Gasteiger partial charge on any atom is -0.378 e. The van der Waals surface area contributed by atoms with Crippen LogP contribution in [0.2, 0.25) is 0 Å². The predicted molar refractivity (Wildman–Crippen MR) is 120 cm³/mol. The van der Waals surface area contributed by atoms with E-state index in [-0.39, 0.29) is 5.91 Å². The second kappa shape index (κ2) is 9.22. The van der Waals surface area contributed by atoms with Crippen LogP contribution in [0.4, 0.5) is 11.8 Å². The minimum atomic E-state index is 0.171. The van der Waals surface area contributed by atoms with Crippen molar-refractivity contribution in [2.75, 3.05) is 55.7 Å². The number of piperidine rings is 1. The molecule has 2 saturated heterocycles. The van der Waals surface area contributed by atoms with Crippen LogP contribution < -0.4 is 9.80 Å². The molecule has 0 unspecified atom stereocenters.